The monoisotopic (exact) mass is 264 g/mol. The summed E-state index contributed by atoms with van der Waals surface area (Å²) < 4.78 is 0. The zero-order valence-corrected chi connectivity index (χ0v) is 12.7. The van der Waals surface area contributed by atoms with Crippen LogP contribution in [0.25, 0.3) is 0 Å². The summed E-state index contributed by atoms with van der Waals surface area (Å²) >= 11 is 5.15. The molecule has 0 saturated carbocycles. The summed E-state index contributed by atoms with van der Waals surface area (Å²) in [7, 11) is 0. The van der Waals surface area contributed by atoms with Crippen LogP contribution in [0.4, 0.5) is 5.69 Å². The first kappa shape index (κ1) is 15.0. The van der Waals surface area contributed by atoms with E-state index in [4.69, 9.17) is 18.0 Å². The predicted octanol–water partition coefficient (Wildman–Crippen LogP) is 3.50. The number of nitrogens with zero attached hydrogens (tertiary/aromatic N) is 1. The van der Waals surface area contributed by atoms with Gasteiger partial charge in [0.15, 0.2) is 0 Å². The van der Waals surface area contributed by atoms with Crippen LogP contribution in [0.1, 0.15) is 38.3 Å². The van der Waals surface area contributed by atoms with Gasteiger partial charge >= 0.3 is 0 Å². The van der Waals surface area contributed by atoms with Gasteiger partial charge in [-0.25, -0.2) is 0 Å². The fraction of sp³-hybridized carbons (Fsp3) is 0.533. The molecule has 1 aromatic carbocycles. The summed E-state index contributed by atoms with van der Waals surface area (Å²) in [4.78, 5) is 2.85. The van der Waals surface area contributed by atoms with Gasteiger partial charge in [0.1, 0.15) is 4.99 Å². The minimum absolute atomic E-state index is 0.479. The van der Waals surface area contributed by atoms with Gasteiger partial charge < -0.3 is 10.6 Å². The van der Waals surface area contributed by atoms with Crippen LogP contribution in [0.2, 0.25) is 0 Å². The molecule has 1 aromatic rings. The Bertz CT molecular complexity index is 415. The van der Waals surface area contributed by atoms with Crippen molar-refractivity contribution in [1.82, 2.24) is 0 Å². The van der Waals surface area contributed by atoms with Crippen molar-refractivity contribution in [3.8, 4) is 0 Å². The summed E-state index contributed by atoms with van der Waals surface area (Å²) in [6.07, 6.45) is 1.19. The molecule has 100 valence electrons. The van der Waals surface area contributed by atoms with E-state index >= 15 is 0 Å². The van der Waals surface area contributed by atoms with Crippen LogP contribution in [-0.4, -0.2) is 18.1 Å². The Kier molecular flexibility index (Phi) is 5.60. The van der Waals surface area contributed by atoms with Crippen molar-refractivity contribution in [2.24, 2.45) is 11.7 Å². The van der Waals surface area contributed by atoms with Crippen molar-refractivity contribution in [2.45, 2.75) is 34.1 Å². The number of nitrogens with two attached hydrogens (primary N) is 1. The third-order valence-electron chi connectivity index (χ3n) is 3.37. The second kappa shape index (κ2) is 6.74. The van der Waals surface area contributed by atoms with E-state index in [1.807, 2.05) is 6.07 Å². The van der Waals surface area contributed by atoms with Gasteiger partial charge in [0.05, 0.1) is 0 Å². The largest absolute Gasteiger partial charge is 0.389 e. The number of benzene rings is 1. The van der Waals surface area contributed by atoms with Crippen LogP contribution < -0.4 is 10.6 Å². The van der Waals surface area contributed by atoms with E-state index in [9.17, 15) is 0 Å². The Hall–Kier alpha value is -1.09. The number of aryl methyl sites for hydroxylation is 1. The van der Waals surface area contributed by atoms with Crippen molar-refractivity contribution >= 4 is 22.9 Å². The second-order valence-electron chi connectivity index (χ2n) is 4.94. The van der Waals surface area contributed by atoms with Gasteiger partial charge in [-0.3, -0.25) is 0 Å². The molecule has 1 unspecified atom stereocenters. The summed E-state index contributed by atoms with van der Waals surface area (Å²) in [6.45, 7) is 10.8. The molecule has 0 aliphatic carbocycles. The summed E-state index contributed by atoms with van der Waals surface area (Å²) in [5, 5.41) is 0. The molecule has 0 fully saturated rings. The molecular weight excluding hydrogens is 240 g/mol. The second-order valence-corrected chi connectivity index (χ2v) is 5.38. The highest BCUT2D eigenvalue weighted by Gasteiger charge is 2.14. The van der Waals surface area contributed by atoms with Crippen LogP contribution in [-0.2, 0) is 0 Å². The number of anilines is 1. The normalized spacial score (nSPS) is 12.2. The number of thiocarbonyl (C=S) groups is 1. The smallest absolute Gasteiger partial charge is 0.106 e. The van der Waals surface area contributed by atoms with E-state index in [-0.39, 0.29) is 0 Å². The molecule has 0 amide bonds. The molecule has 1 rings (SSSR count). The first-order chi connectivity index (χ1) is 8.49. The number of rotatable bonds is 6. The molecule has 2 N–H and O–H groups in total. The van der Waals surface area contributed by atoms with E-state index in [1.165, 1.54) is 17.7 Å². The number of hydrogen-bond acceptors (Lipinski definition) is 2. The molecule has 0 aromatic heterocycles. The average molecular weight is 264 g/mol. The standard InChI is InChI=1S/C15H24N2S/c1-5-11(3)10-17(6-2)14-9-12(4)7-8-13(14)15(16)18/h7-9,11H,5-6,10H2,1-4H3,(H2,16,18). The third-order valence-corrected chi connectivity index (χ3v) is 3.59. The van der Waals surface area contributed by atoms with E-state index in [2.05, 4.69) is 44.7 Å². The quantitative estimate of drug-likeness (QED) is 0.797. The molecule has 0 heterocycles. The zero-order chi connectivity index (χ0) is 13.7. The minimum atomic E-state index is 0.479. The molecule has 0 saturated heterocycles. The molecule has 0 radical (unpaired) electrons. The van der Waals surface area contributed by atoms with E-state index < -0.39 is 0 Å². The van der Waals surface area contributed by atoms with E-state index in [0.29, 0.717) is 10.9 Å². The van der Waals surface area contributed by atoms with Crippen molar-refractivity contribution in [3.63, 3.8) is 0 Å². The lowest BCUT2D eigenvalue weighted by atomic mass is 10.1. The summed E-state index contributed by atoms with van der Waals surface area (Å²) in [6, 6.07) is 6.28. The summed E-state index contributed by atoms with van der Waals surface area (Å²) in [5.41, 5.74) is 9.23. The lowest BCUT2D eigenvalue weighted by Crippen LogP contribution is -2.30. The van der Waals surface area contributed by atoms with Crippen molar-refractivity contribution in [2.75, 3.05) is 18.0 Å². The van der Waals surface area contributed by atoms with Crippen molar-refractivity contribution in [3.05, 3.63) is 29.3 Å². The fourth-order valence-electron chi connectivity index (χ4n) is 2.01. The molecular formula is C15H24N2S. The topological polar surface area (TPSA) is 29.3 Å². The number of hydrogen-bond donors (Lipinski definition) is 1. The van der Waals surface area contributed by atoms with Gasteiger partial charge in [0.2, 0.25) is 0 Å². The highest BCUT2D eigenvalue weighted by molar-refractivity contribution is 7.80. The lowest BCUT2D eigenvalue weighted by Gasteiger charge is -2.28. The Morgan fingerprint density at radius 2 is 2.06 bits per heavy atom. The Balaban J connectivity index is 3.10. The fourth-order valence-corrected chi connectivity index (χ4v) is 2.19. The van der Waals surface area contributed by atoms with Crippen LogP contribution in [0.3, 0.4) is 0 Å². The first-order valence-electron chi connectivity index (χ1n) is 6.64. The Labute approximate surface area is 116 Å². The van der Waals surface area contributed by atoms with Gasteiger partial charge in [-0.2, -0.15) is 0 Å². The molecule has 0 aliphatic rings. The predicted molar refractivity (Wildman–Crippen MR) is 84.4 cm³/mol. The molecule has 0 bridgehead atoms. The minimum Gasteiger partial charge on any atom is -0.389 e. The van der Waals surface area contributed by atoms with E-state index in [0.717, 1.165) is 18.7 Å². The highest BCUT2D eigenvalue weighted by atomic mass is 32.1. The lowest BCUT2D eigenvalue weighted by molar-refractivity contribution is 0.548. The van der Waals surface area contributed by atoms with Gasteiger partial charge in [-0.05, 0) is 37.5 Å². The van der Waals surface area contributed by atoms with Crippen molar-refractivity contribution < 1.29 is 0 Å². The molecule has 0 spiro atoms. The van der Waals surface area contributed by atoms with Gasteiger partial charge in [-0.1, -0.05) is 38.6 Å². The third kappa shape index (κ3) is 3.70. The molecule has 0 aliphatic heterocycles. The maximum Gasteiger partial charge on any atom is 0.106 e. The average Bonchev–Trinajstić information content (AvgIpc) is 2.35. The van der Waals surface area contributed by atoms with Gasteiger partial charge in [0.25, 0.3) is 0 Å². The zero-order valence-electron chi connectivity index (χ0n) is 11.9. The van der Waals surface area contributed by atoms with E-state index in [1.54, 1.807) is 0 Å². The Morgan fingerprint density at radius 3 is 2.56 bits per heavy atom. The maximum absolute atomic E-state index is 5.83. The highest BCUT2D eigenvalue weighted by Crippen LogP contribution is 2.23. The molecule has 2 nitrogen and oxygen atoms in total. The molecule has 18 heavy (non-hydrogen) atoms. The first-order valence-corrected chi connectivity index (χ1v) is 7.05. The van der Waals surface area contributed by atoms with Gasteiger partial charge in [0, 0.05) is 24.3 Å². The van der Waals surface area contributed by atoms with Crippen LogP contribution in [0.15, 0.2) is 18.2 Å². The van der Waals surface area contributed by atoms with Gasteiger partial charge in [-0.15, -0.1) is 0 Å². The van der Waals surface area contributed by atoms with Crippen molar-refractivity contribution in [1.29, 1.82) is 0 Å². The van der Waals surface area contributed by atoms with Crippen LogP contribution in [0, 0.1) is 12.8 Å². The van der Waals surface area contributed by atoms with Crippen LogP contribution >= 0.6 is 12.2 Å². The maximum atomic E-state index is 5.83. The summed E-state index contributed by atoms with van der Waals surface area (Å²) in [5.74, 6) is 0.671. The Morgan fingerprint density at radius 1 is 1.39 bits per heavy atom. The molecule has 3 heteroatoms. The SMILES string of the molecule is CCC(C)CN(CC)c1cc(C)ccc1C(N)=S. The van der Waals surface area contributed by atoms with Crippen LogP contribution in [0.5, 0.6) is 0 Å². The molecule has 1 atom stereocenters.